The van der Waals surface area contributed by atoms with E-state index in [1.54, 1.807) is 17.0 Å². The average molecular weight is 389 g/mol. The molecule has 0 aromatic heterocycles. The predicted octanol–water partition coefficient (Wildman–Crippen LogP) is 3.85. The van der Waals surface area contributed by atoms with Gasteiger partial charge in [-0.15, -0.1) is 0 Å². The largest absolute Gasteiger partial charge is 0.350 e. The fraction of sp³-hybridized carbons (Fsp3) is 0.263. The van der Waals surface area contributed by atoms with E-state index < -0.39 is 0 Å². The molecule has 0 bridgehead atoms. The predicted molar refractivity (Wildman–Crippen MR) is 100 cm³/mol. The zero-order valence-electron chi connectivity index (χ0n) is 14.1. The first kappa shape index (κ1) is 18.2. The molecule has 4 nitrogen and oxygen atoms in total. The van der Waals surface area contributed by atoms with Crippen LogP contribution in [0.25, 0.3) is 0 Å². The lowest BCUT2D eigenvalue weighted by molar-refractivity contribution is -0.116. The molecule has 0 spiro atoms. The fourth-order valence-electron chi connectivity index (χ4n) is 2.46. The molecule has 0 atom stereocenters. The molecule has 1 N–H and O–H groups in total. The summed E-state index contributed by atoms with van der Waals surface area (Å²) >= 11 is 3.42. The maximum absolute atomic E-state index is 12.1. The number of halogens is 1. The molecule has 24 heavy (non-hydrogen) atoms. The van der Waals surface area contributed by atoms with Gasteiger partial charge >= 0.3 is 0 Å². The minimum absolute atomic E-state index is 0.0509. The Morgan fingerprint density at radius 3 is 2.33 bits per heavy atom. The number of carbonyl (C=O) groups is 2. The van der Waals surface area contributed by atoms with Crippen LogP contribution in [0.5, 0.6) is 0 Å². The van der Waals surface area contributed by atoms with Gasteiger partial charge in [0.05, 0.1) is 0 Å². The second kappa shape index (κ2) is 8.11. The van der Waals surface area contributed by atoms with Gasteiger partial charge in [0, 0.05) is 35.7 Å². The Morgan fingerprint density at radius 1 is 1.08 bits per heavy atom. The molecule has 0 heterocycles. The van der Waals surface area contributed by atoms with Crippen LogP contribution in [0.2, 0.25) is 0 Å². The summed E-state index contributed by atoms with van der Waals surface area (Å²) in [5.74, 6) is -0.184. The Morgan fingerprint density at radius 2 is 1.75 bits per heavy atom. The van der Waals surface area contributed by atoms with Crippen molar-refractivity contribution >= 4 is 33.4 Å². The van der Waals surface area contributed by atoms with Crippen LogP contribution >= 0.6 is 15.9 Å². The van der Waals surface area contributed by atoms with Crippen LogP contribution in [0.4, 0.5) is 5.69 Å². The monoisotopic (exact) mass is 388 g/mol. The van der Waals surface area contributed by atoms with E-state index in [-0.39, 0.29) is 11.8 Å². The lowest BCUT2D eigenvalue weighted by Crippen LogP contribution is -2.37. The van der Waals surface area contributed by atoms with E-state index in [9.17, 15) is 9.59 Å². The number of nitrogens with zero attached hydrogens (tertiary/aromatic N) is 1. The van der Waals surface area contributed by atoms with Crippen molar-refractivity contribution < 1.29 is 9.59 Å². The van der Waals surface area contributed by atoms with Crippen molar-refractivity contribution in [1.82, 2.24) is 5.32 Å². The second-order valence-electron chi connectivity index (χ2n) is 5.72. The minimum Gasteiger partial charge on any atom is -0.350 e. The normalized spacial score (nSPS) is 10.3. The van der Waals surface area contributed by atoms with Crippen LogP contribution in [0.1, 0.15) is 28.4 Å². The van der Waals surface area contributed by atoms with Gasteiger partial charge in [0.25, 0.3) is 5.91 Å². The molecule has 0 fully saturated rings. The molecule has 0 aliphatic carbocycles. The van der Waals surface area contributed by atoms with E-state index in [1.807, 2.05) is 44.2 Å². The third kappa shape index (κ3) is 4.68. The van der Waals surface area contributed by atoms with Crippen LogP contribution in [0.15, 0.2) is 46.9 Å². The van der Waals surface area contributed by atoms with Crippen molar-refractivity contribution in [2.75, 3.05) is 18.0 Å². The molecule has 0 aliphatic rings. The number of benzene rings is 2. The third-order valence-electron chi connectivity index (χ3n) is 3.76. The van der Waals surface area contributed by atoms with Crippen LogP contribution in [0, 0.1) is 13.8 Å². The van der Waals surface area contributed by atoms with Gasteiger partial charge in [-0.25, -0.2) is 0 Å². The summed E-state index contributed by atoms with van der Waals surface area (Å²) in [4.78, 5) is 25.8. The molecular formula is C19H21BrN2O2. The molecule has 2 aromatic carbocycles. The highest BCUT2D eigenvalue weighted by Crippen LogP contribution is 2.23. The smallest absolute Gasteiger partial charge is 0.251 e. The van der Waals surface area contributed by atoms with E-state index in [0.717, 1.165) is 21.3 Å². The van der Waals surface area contributed by atoms with Crippen LogP contribution in [-0.2, 0) is 4.79 Å². The molecule has 0 unspecified atom stereocenters. The summed E-state index contributed by atoms with van der Waals surface area (Å²) in [6.45, 7) is 6.29. The number of hydrogen-bond acceptors (Lipinski definition) is 2. The summed E-state index contributed by atoms with van der Waals surface area (Å²) in [5.41, 5.74) is 3.59. The highest BCUT2D eigenvalue weighted by molar-refractivity contribution is 9.10. The number of carbonyl (C=O) groups excluding carboxylic acids is 2. The standard InChI is InChI=1S/C19H21BrN2O2/c1-13-4-6-16(7-5-13)19(24)21-10-11-22(15(3)23)18-9-8-17(20)12-14(18)2/h4-9,12H,10-11H2,1-3H3,(H,21,24). The van der Waals surface area contributed by atoms with E-state index >= 15 is 0 Å². The molecule has 0 saturated carbocycles. The number of aryl methyl sites for hydroxylation is 2. The molecule has 2 rings (SSSR count). The first-order valence-electron chi connectivity index (χ1n) is 7.77. The molecule has 0 saturated heterocycles. The molecular weight excluding hydrogens is 368 g/mol. The first-order chi connectivity index (χ1) is 11.4. The number of rotatable bonds is 5. The Kier molecular flexibility index (Phi) is 6.15. The van der Waals surface area contributed by atoms with Crippen LogP contribution in [0.3, 0.4) is 0 Å². The van der Waals surface area contributed by atoms with Crippen molar-refractivity contribution in [3.05, 3.63) is 63.6 Å². The number of anilines is 1. The molecule has 5 heteroatoms. The first-order valence-corrected chi connectivity index (χ1v) is 8.57. The van der Waals surface area contributed by atoms with E-state index in [0.29, 0.717) is 18.7 Å². The van der Waals surface area contributed by atoms with Crippen molar-refractivity contribution in [1.29, 1.82) is 0 Å². The van der Waals surface area contributed by atoms with Gasteiger partial charge in [0.1, 0.15) is 0 Å². The topological polar surface area (TPSA) is 49.4 Å². The summed E-state index contributed by atoms with van der Waals surface area (Å²) in [7, 11) is 0. The van der Waals surface area contributed by atoms with Gasteiger partial charge in [0.2, 0.25) is 5.91 Å². The van der Waals surface area contributed by atoms with Gasteiger partial charge in [-0.3, -0.25) is 9.59 Å². The number of nitrogens with one attached hydrogen (secondary N) is 1. The van der Waals surface area contributed by atoms with E-state index in [2.05, 4.69) is 21.2 Å². The molecule has 126 valence electrons. The summed E-state index contributed by atoms with van der Waals surface area (Å²) in [5, 5.41) is 2.86. The van der Waals surface area contributed by atoms with E-state index in [1.165, 1.54) is 6.92 Å². The molecule has 0 radical (unpaired) electrons. The van der Waals surface area contributed by atoms with Gasteiger partial charge in [0.15, 0.2) is 0 Å². The summed E-state index contributed by atoms with van der Waals surface area (Å²) < 4.78 is 0.972. The summed E-state index contributed by atoms with van der Waals surface area (Å²) in [6, 6.07) is 13.2. The summed E-state index contributed by atoms with van der Waals surface area (Å²) in [6.07, 6.45) is 0. The second-order valence-corrected chi connectivity index (χ2v) is 6.64. The van der Waals surface area contributed by atoms with Gasteiger partial charge < -0.3 is 10.2 Å². The fourth-order valence-corrected chi connectivity index (χ4v) is 2.93. The number of hydrogen-bond donors (Lipinski definition) is 1. The highest BCUT2D eigenvalue weighted by Gasteiger charge is 2.14. The van der Waals surface area contributed by atoms with Crippen LogP contribution in [-0.4, -0.2) is 24.9 Å². The van der Waals surface area contributed by atoms with Crippen molar-refractivity contribution in [3.8, 4) is 0 Å². The van der Waals surface area contributed by atoms with Crippen molar-refractivity contribution in [2.24, 2.45) is 0 Å². The van der Waals surface area contributed by atoms with E-state index in [4.69, 9.17) is 0 Å². The molecule has 0 aliphatic heterocycles. The zero-order chi connectivity index (χ0) is 17.7. The van der Waals surface area contributed by atoms with Crippen molar-refractivity contribution in [2.45, 2.75) is 20.8 Å². The molecule has 2 amide bonds. The SMILES string of the molecule is CC(=O)N(CCNC(=O)c1ccc(C)cc1)c1ccc(Br)cc1C. The Bertz CT molecular complexity index is 742. The lowest BCUT2D eigenvalue weighted by atomic mass is 10.1. The maximum Gasteiger partial charge on any atom is 0.251 e. The Hall–Kier alpha value is -2.14. The molecule has 2 aromatic rings. The maximum atomic E-state index is 12.1. The van der Waals surface area contributed by atoms with Crippen LogP contribution < -0.4 is 10.2 Å². The number of amides is 2. The van der Waals surface area contributed by atoms with Gasteiger partial charge in [-0.05, 0) is 49.7 Å². The lowest BCUT2D eigenvalue weighted by Gasteiger charge is -2.23. The van der Waals surface area contributed by atoms with Gasteiger partial charge in [-0.1, -0.05) is 33.6 Å². The Labute approximate surface area is 151 Å². The van der Waals surface area contributed by atoms with Crippen molar-refractivity contribution in [3.63, 3.8) is 0 Å². The van der Waals surface area contributed by atoms with Gasteiger partial charge in [-0.2, -0.15) is 0 Å². The zero-order valence-corrected chi connectivity index (χ0v) is 15.7. The Balaban J connectivity index is 2.00. The highest BCUT2D eigenvalue weighted by atomic mass is 79.9. The third-order valence-corrected chi connectivity index (χ3v) is 4.26. The minimum atomic E-state index is -0.133. The average Bonchev–Trinajstić information content (AvgIpc) is 2.52. The quantitative estimate of drug-likeness (QED) is 0.845.